The van der Waals surface area contributed by atoms with Gasteiger partial charge in [-0.1, -0.05) is 56.3 Å². The van der Waals surface area contributed by atoms with Crippen LogP contribution in [-0.4, -0.2) is 79.5 Å². The maximum atomic E-state index is 13.5. The average Bonchev–Trinajstić information content (AvgIpc) is 3.09. The fraction of sp³-hybridized carbons (Fsp3) is 0.556. The first kappa shape index (κ1) is 39.7. The topological polar surface area (TPSA) is 201 Å². The second kappa shape index (κ2) is 21.4. The van der Waals surface area contributed by atoms with Gasteiger partial charge in [0.25, 0.3) is 12.9 Å². The lowest BCUT2D eigenvalue weighted by molar-refractivity contribution is -0.141. The molecule has 1 aliphatic carbocycles. The maximum Gasteiger partial charge on any atom is 0.320 e. The van der Waals surface area contributed by atoms with Crippen molar-refractivity contribution in [3.05, 3.63) is 48.0 Å². The molecule has 0 aliphatic heterocycles. The molecule has 2 aromatic carbocycles. The molecular weight excluding hydrogens is 646 g/mol. The number of urea groups is 1. The largest absolute Gasteiger partial charge is 0.481 e. The molecule has 0 heterocycles. The van der Waals surface area contributed by atoms with Crippen molar-refractivity contribution in [3.63, 3.8) is 0 Å². The van der Waals surface area contributed by atoms with Crippen LogP contribution in [0.1, 0.15) is 77.2 Å². The van der Waals surface area contributed by atoms with Crippen LogP contribution >= 0.6 is 0 Å². The number of carbonyl (C=O) groups excluding carboxylic acids is 5. The fourth-order valence-electron chi connectivity index (χ4n) is 5.99. The monoisotopic (exact) mass is 697 g/mol. The molecule has 0 bridgehead atoms. The molecule has 274 valence electrons. The second-order valence-corrected chi connectivity index (χ2v) is 13.0. The summed E-state index contributed by atoms with van der Waals surface area (Å²) in [6.07, 6.45) is 2.25. The summed E-state index contributed by atoms with van der Waals surface area (Å²) in [5.74, 6) is -1.15. The lowest BCUT2D eigenvalue weighted by Crippen LogP contribution is -2.50. The summed E-state index contributed by atoms with van der Waals surface area (Å²) in [6.45, 7) is 5.74. The van der Waals surface area contributed by atoms with Gasteiger partial charge in [0.15, 0.2) is 12.5 Å². The molecule has 4 amide bonds. The molecule has 6 N–H and O–H groups in total. The quantitative estimate of drug-likeness (QED) is 0.0603. The summed E-state index contributed by atoms with van der Waals surface area (Å²) in [4.78, 5) is 71.8. The van der Waals surface area contributed by atoms with Crippen LogP contribution in [0, 0.1) is 11.8 Å². The van der Waals surface area contributed by atoms with Gasteiger partial charge in [0.1, 0.15) is 6.04 Å². The Morgan fingerprint density at radius 1 is 0.860 bits per heavy atom. The van der Waals surface area contributed by atoms with E-state index in [1.165, 1.54) is 0 Å². The Labute approximate surface area is 292 Å². The first-order valence-corrected chi connectivity index (χ1v) is 17.3. The Morgan fingerprint density at radius 2 is 1.52 bits per heavy atom. The third-order valence-corrected chi connectivity index (χ3v) is 8.76. The number of unbranched alkanes of at least 4 members (excludes halogenated alkanes) is 1. The number of hydrogen-bond acceptors (Lipinski definition) is 9. The minimum absolute atomic E-state index is 0.0933. The highest BCUT2D eigenvalue weighted by molar-refractivity contribution is 5.89. The van der Waals surface area contributed by atoms with E-state index >= 15 is 0 Å². The zero-order chi connectivity index (χ0) is 36.3. The van der Waals surface area contributed by atoms with Crippen molar-refractivity contribution in [1.82, 2.24) is 26.6 Å². The summed E-state index contributed by atoms with van der Waals surface area (Å²) >= 11 is 0. The number of fused-ring (bicyclic) bond motifs is 1. The second-order valence-electron chi connectivity index (χ2n) is 13.0. The van der Waals surface area contributed by atoms with Crippen molar-refractivity contribution in [3.8, 4) is 0 Å². The minimum Gasteiger partial charge on any atom is -0.481 e. The Hall–Kier alpha value is -4.72. The van der Waals surface area contributed by atoms with E-state index in [1.54, 1.807) is 0 Å². The number of carboxylic acid groups (broad SMARTS) is 1. The molecule has 0 saturated heterocycles. The van der Waals surface area contributed by atoms with E-state index < -0.39 is 30.5 Å². The number of rotatable bonds is 22. The average molecular weight is 698 g/mol. The molecule has 14 heteroatoms. The van der Waals surface area contributed by atoms with Gasteiger partial charge in [0, 0.05) is 37.8 Å². The number of carbonyl (C=O) groups is 6. The van der Waals surface area contributed by atoms with Gasteiger partial charge >= 0.3 is 12.0 Å². The highest BCUT2D eigenvalue weighted by Gasteiger charge is 2.30. The molecule has 1 aliphatic rings. The van der Waals surface area contributed by atoms with Crippen LogP contribution in [0.5, 0.6) is 0 Å². The summed E-state index contributed by atoms with van der Waals surface area (Å²) < 4.78 is 9.65. The summed E-state index contributed by atoms with van der Waals surface area (Å²) in [5, 5.41) is 25.2. The first-order valence-electron chi connectivity index (χ1n) is 17.3. The third kappa shape index (κ3) is 14.4. The number of nitrogens with one attached hydrogen (secondary N) is 5. The number of carboxylic acids is 1. The van der Waals surface area contributed by atoms with E-state index in [0.717, 1.165) is 48.6 Å². The van der Waals surface area contributed by atoms with Gasteiger partial charge in [-0.05, 0) is 67.3 Å². The molecule has 1 fully saturated rings. The predicted octanol–water partition coefficient (Wildman–Crippen LogP) is 3.12. The van der Waals surface area contributed by atoms with Crippen LogP contribution in [0.2, 0.25) is 0 Å². The van der Waals surface area contributed by atoms with E-state index in [1.807, 2.05) is 42.5 Å². The van der Waals surface area contributed by atoms with Crippen LogP contribution in [-0.2, 0) is 39.9 Å². The molecule has 14 nitrogen and oxygen atoms in total. The number of benzene rings is 2. The minimum atomic E-state index is -1.18. The van der Waals surface area contributed by atoms with Crippen molar-refractivity contribution in [1.29, 1.82) is 0 Å². The number of aliphatic carboxylic acids is 1. The van der Waals surface area contributed by atoms with Crippen molar-refractivity contribution in [2.45, 2.75) is 103 Å². The molecule has 1 saturated carbocycles. The molecule has 3 atom stereocenters. The molecule has 0 unspecified atom stereocenters. The molecule has 50 heavy (non-hydrogen) atoms. The number of hydrogen-bond donors (Lipinski definition) is 6. The normalized spacial score (nSPS) is 17.5. The van der Waals surface area contributed by atoms with E-state index in [-0.39, 0.29) is 56.5 Å². The van der Waals surface area contributed by atoms with Crippen LogP contribution in [0.4, 0.5) is 4.79 Å². The van der Waals surface area contributed by atoms with Crippen molar-refractivity contribution in [2.75, 3.05) is 13.1 Å². The zero-order valence-electron chi connectivity index (χ0n) is 28.9. The van der Waals surface area contributed by atoms with E-state index in [2.05, 4.69) is 40.4 Å². The highest BCUT2D eigenvalue weighted by atomic mass is 16.5. The first-order chi connectivity index (χ1) is 24.1. The SMILES string of the molecule is CC(C)NCC1CCC(C(=O)N[C@@H](Cc2ccc3ccccc3c2)C(=O)NCCCC[C@H](NC(=O)N[C@@H](CCC(=O)O)OC=O)OC=O)CC1. The van der Waals surface area contributed by atoms with Gasteiger partial charge < -0.3 is 41.2 Å². The van der Waals surface area contributed by atoms with Gasteiger partial charge in [-0.15, -0.1) is 0 Å². The smallest absolute Gasteiger partial charge is 0.320 e. The van der Waals surface area contributed by atoms with Crippen LogP contribution in [0.25, 0.3) is 10.8 Å². The van der Waals surface area contributed by atoms with Crippen molar-refractivity contribution in [2.24, 2.45) is 11.8 Å². The van der Waals surface area contributed by atoms with Crippen LogP contribution < -0.4 is 26.6 Å². The maximum absolute atomic E-state index is 13.5. The Balaban J connectivity index is 1.53. The molecule has 0 spiro atoms. The zero-order valence-corrected chi connectivity index (χ0v) is 28.9. The fourth-order valence-corrected chi connectivity index (χ4v) is 5.99. The van der Waals surface area contributed by atoms with E-state index in [4.69, 9.17) is 14.6 Å². The third-order valence-electron chi connectivity index (χ3n) is 8.76. The Kier molecular flexibility index (Phi) is 17.0. The molecule has 0 radical (unpaired) electrons. The summed E-state index contributed by atoms with van der Waals surface area (Å²) in [6, 6.07) is 12.8. The summed E-state index contributed by atoms with van der Waals surface area (Å²) in [5.41, 5.74) is 0.926. The standard InChI is InChI=1S/C36H51N5O9/c1-24(2)38-21-25-10-14-28(15-11-25)34(46)39-30(20-26-12-13-27-7-3-4-8-29(27)19-26)35(47)37-18-6-5-9-31(49-22-42)40-36(48)41-32(50-23-43)16-17-33(44)45/h3-4,7-8,12-13,19,22-25,28,30-32,38H,5-6,9-11,14-18,20-21H2,1-2H3,(H,37,47)(H,39,46)(H,44,45)(H2,40,41,48)/t25?,28?,30-,31+,32+/m0/s1. The predicted molar refractivity (Wildman–Crippen MR) is 185 cm³/mol. The molecule has 0 aromatic heterocycles. The lowest BCUT2D eigenvalue weighted by atomic mass is 9.81. The van der Waals surface area contributed by atoms with Gasteiger partial charge in [-0.25, -0.2) is 4.79 Å². The van der Waals surface area contributed by atoms with E-state index in [9.17, 15) is 28.8 Å². The van der Waals surface area contributed by atoms with Crippen molar-refractivity contribution < 1.29 is 43.3 Å². The van der Waals surface area contributed by atoms with Gasteiger partial charge in [-0.2, -0.15) is 0 Å². The van der Waals surface area contributed by atoms with E-state index in [0.29, 0.717) is 31.2 Å². The lowest BCUT2D eigenvalue weighted by Gasteiger charge is -2.29. The van der Waals surface area contributed by atoms with Crippen molar-refractivity contribution >= 4 is 47.5 Å². The number of amides is 4. The Bertz CT molecular complexity index is 1410. The molecular formula is C36H51N5O9. The van der Waals surface area contributed by atoms with Gasteiger partial charge in [0.05, 0.1) is 6.42 Å². The van der Waals surface area contributed by atoms with Gasteiger partial charge in [0.2, 0.25) is 11.8 Å². The number of ether oxygens (including phenoxy) is 2. The van der Waals surface area contributed by atoms with Crippen LogP contribution in [0.15, 0.2) is 42.5 Å². The molecule has 2 aromatic rings. The highest BCUT2D eigenvalue weighted by Crippen LogP contribution is 2.29. The molecule has 3 rings (SSSR count). The van der Waals surface area contributed by atoms with Crippen LogP contribution in [0.3, 0.4) is 0 Å². The summed E-state index contributed by atoms with van der Waals surface area (Å²) in [7, 11) is 0. The Morgan fingerprint density at radius 3 is 2.16 bits per heavy atom. The van der Waals surface area contributed by atoms with Gasteiger partial charge in [-0.3, -0.25) is 24.0 Å².